The molecule has 22 heavy (non-hydrogen) atoms. The summed E-state index contributed by atoms with van der Waals surface area (Å²) in [6.07, 6.45) is 8.51. The number of nitrogens with one attached hydrogen (secondary N) is 2. The SMILES string of the molecule is O=C(NCCC1CC1)NC1CCCN(c2cccnc2)C1=O. The van der Waals surface area contributed by atoms with E-state index in [0.29, 0.717) is 19.5 Å². The van der Waals surface area contributed by atoms with Gasteiger partial charge in [-0.2, -0.15) is 0 Å². The third kappa shape index (κ3) is 3.75. The van der Waals surface area contributed by atoms with Gasteiger partial charge in [-0.15, -0.1) is 0 Å². The molecule has 2 N–H and O–H groups in total. The molecule has 2 fully saturated rings. The maximum Gasteiger partial charge on any atom is 0.315 e. The number of piperidine rings is 1. The average Bonchev–Trinajstić information content (AvgIpc) is 3.34. The van der Waals surface area contributed by atoms with Crippen LogP contribution in [0, 0.1) is 5.92 Å². The minimum Gasteiger partial charge on any atom is -0.338 e. The smallest absolute Gasteiger partial charge is 0.315 e. The molecule has 2 heterocycles. The Hall–Kier alpha value is -2.11. The predicted octanol–water partition coefficient (Wildman–Crippen LogP) is 1.68. The van der Waals surface area contributed by atoms with E-state index in [9.17, 15) is 9.59 Å². The van der Waals surface area contributed by atoms with Gasteiger partial charge in [-0.05, 0) is 37.3 Å². The van der Waals surface area contributed by atoms with E-state index in [2.05, 4.69) is 15.6 Å². The third-order valence-electron chi connectivity index (χ3n) is 4.24. The summed E-state index contributed by atoms with van der Waals surface area (Å²) in [4.78, 5) is 30.2. The fraction of sp³-hybridized carbons (Fsp3) is 0.562. The molecule has 2 aliphatic rings. The van der Waals surface area contributed by atoms with Crippen molar-refractivity contribution in [1.82, 2.24) is 15.6 Å². The summed E-state index contributed by atoms with van der Waals surface area (Å²) in [5.74, 6) is 0.731. The van der Waals surface area contributed by atoms with Gasteiger partial charge in [0.15, 0.2) is 0 Å². The van der Waals surface area contributed by atoms with Crippen LogP contribution in [0.15, 0.2) is 24.5 Å². The molecular weight excluding hydrogens is 280 g/mol. The molecule has 1 saturated carbocycles. The first-order valence-electron chi connectivity index (χ1n) is 8.00. The fourth-order valence-corrected chi connectivity index (χ4v) is 2.78. The maximum atomic E-state index is 12.5. The number of hydrogen-bond acceptors (Lipinski definition) is 3. The number of rotatable bonds is 5. The number of aromatic nitrogens is 1. The van der Waals surface area contributed by atoms with E-state index in [1.54, 1.807) is 17.3 Å². The molecule has 1 saturated heterocycles. The van der Waals surface area contributed by atoms with Crippen LogP contribution in [0.3, 0.4) is 0 Å². The summed E-state index contributed by atoms with van der Waals surface area (Å²) >= 11 is 0. The molecule has 3 rings (SSSR count). The Kier molecular flexibility index (Phi) is 4.56. The normalized spacial score (nSPS) is 21.5. The van der Waals surface area contributed by atoms with Crippen LogP contribution >= 0.6 is 0 Å². The van der Waals surface area contributed by atoms with Crippen molar-refractivity contribution in [2.75, 3.05) is 18.0 Å². The van der Waals surface area contributed by atoms with Crippen molar-refractivity contribution < 1.29 is 9.59 Å². The maximum absolute atomic E-state index is 12.5. The van der Waals surface area contributed by atoms with Gasteiger partial charge in [-0.25, -0.2) is 4.79 Å². The number of carbonyl (C=O) groups is 2. The highest BCUT2D eigenvalue weighted by molar-refractivity contribution is 5.99. The molecule has 6 heteroatoms. The van der Waals surface area contributed by atoms with Gasteiger partial charge in [0.25, 0.3) is 0 Å². The van der Waals surface area contributed by atoms with Crippen molar-refractivity contribution in [1.29, 1.82) is 0 Å². The van der Waals surface area contributed by atoms with Crippen molar-refractivity contribution in [3.63, 3.8) is 0 Å². The summed E-state index contributed by atoms with van der Waals surface area (Å²) in [7, 11) is 0. The summed E-state index contributed by atoms with van der Waals surface area (Å²) in [6.45, 7) is 1.36. The lowest BCUT2D eigenvalue weighted by molar-refractivity contribution is -0.121. The Morgan fingerprint density at radius 2 is 2.23 bits per heavy atom. The van der Waals surface area contributed by atoms with E-state index in [4.69, 9.17) is 0 Å². The standard InChI is InChI=1S/C16H22N4O2/c21-15-14(19-16(22)18-9-7-12-5-6-12)4-2-10-20(15)13-3-1-8-17-11-13/h1,3,8,11-12,14H,2,4-7,9-10H2,(H2,18,19,22). The molecule has 1 unspecified atom stereocenters. The van der Waals surface area contributed by atoms with Gasteiger partial charge >= 0.3 is 6.03 Å². The molecule has 1 atom stereocenters. The van der Waals surface area contributed by atoms with Crippen molar-refractivity contribution in [3.05, 3.63) is 24.5 Å². The van der Waals surface area contributed by atoms with Crippen molar-refractivity contribution in [3.8, 4) is 0 Å². The highest BCUT2D eigenvalue weighted by Crippen LogP contribution is 2.31. The highest BCUT2D eigenvalue weighted by Gasteiger charge is 2.31. The molecule has 0 bridgehead atoms. The first-order chi connectivity index (χ1) is 10.7. The van der Waals surface area contributed by atoms with Crippen LogP contribution in [0.4, 0.5) is 10.5 Å². The van der Waals surface area contributed by atoms with Crippen LogP contribution in [0.1, 0.15) is 32.1 Å². The van der Waals surface area contributed by atoms with E-state index in [0.717, 1.165) is 24.4 Å². The summed E-state index contributed by atoms with van der Waals surface area (Å²) in [5, 5.41) is 5.64. The lowest BCUT2D eigenvalue weighted by atomic mass is 10.0. The minimum atomic E-state index is -0.449. The number of nitrogens with zero attached hydrogens (tertiary/aromatic N) is 2. The van der Waals surface area contributed by atoms with E-state index >= 15 is 0 Å². The van der Waals surface area contributed by atoms with E-state index < -0.39 is 6.04 Å². The molecule has 1 aromatic heterocycles. The third-order valence-corrected chi connectivity index (χ3v) is 4.24. The number of carbonyl (C=O) groups excluding carboxylic acids is 2. The molecule has 3 amide bonds. The second-order valence-electron chi connectivity index (χ2n) is 6.03. The van der Waals surface area contributed by atoms with Crippen molar-refractivity contribution in [2.24, 2.45) is 5.92 Å². The lowest BCUT2D eigenvalue weighted by Crippen LogP contribution is -2.54. The Labute approximate surface area is 130 Å². The fourth-order valence-electron chi connectivity index (χ4n) is 2.78. The van der Waals surface area contributed by atoms with Crippen LogP contribution in [-0.2, 0) is 4.79 Å². The molecule has 0 aromatic carbocycles. The quantitative estimate of drug-likeness (QED) is 0.869. The van der Waals surface area contributed by atoms with Gasteiger partial charge in [-0.3, -0.25) is 9.78 Å². The van der Waals surface area contributed by atoms with Crippen LogP contribution in [0.2, 0.25) is 0 Å². The van der Waals surface area contributed by atoms with E-state index in [-0.39, 0.29) is 11.9 Å². The Bertz CT molecular complexity index is 530. The van der Waals surface area contributed by atoms with Crippen LogP contribution < -0.4 is 15.5 Å². The van der Waals surface area contributed by atoms with Crippen LogP contribution in [-0.4, -0.2) is 36.1 Å². The topological polar surface area (TPSA) is 74.3 Å². The largest absolute Gasteiger partial charge is 0.338 e. The molecule has 1 aliphatic carbocycles. The zero-order valence-electron chi connectivity index (χ0n) is 12.6. The second kappa shape index (κ2) is 6.77. The summed E-state index contributed by atoms with van der Waals surface area (Å²) in [6, 6.07) is 2.98. The molecule has 1 aliphatic heterocycles. The number of urea groups is 1. The highest BCUT2D eigenvalue weighted by atomic mass is 16.2. The van der Waals surface area contributed by atoms with Gasteiger partial charge in [0, 0.05) is 19.3 Å². The number of amides is 3. The van der Waals surface area contributed by atoms with E-state index in [1.807, 2.05) is 12.1 Å². The monoisotopic (exact) mass is 302 g/mol. The Morgan fingerprint density at radius 3 is 2.95 bits per heavy atom. The predicted molar refractivity (Wildman–Crippen MR) is 83.5 cm³/mol. The average molecular weight is 302 g/mol. The zero-order chi connectivity index (χ0) is 15.4. The first kappa shape index (κ1) is 14.8. The number of hydrogen-bond donors (Lipinski definition) is 2. The Balaban J connectivity index is 1.52. The number of pyridine rings is 1. The number of anilines is 1. The van der Waals surface area contributed by atoms with Gasteiger partial charge in [0.1, 0.15) is 6.04 Å². The summed E-state index contributed by atoms with van der Waals surface area (Å²) < 4.78 is 0. The van der Waals surface area contributed by atoms with Gasteiger partial charge in [0.05, 0.1) is 11.9 Å². The molecule has 1 aromatic rings. The molecule has 6 nitrogen and oxygen atoms in total. The van der Waals surface area contributed by atoms with Gasteiger partial charge in [-0.1, -0.05) is 12.8 Å². The van der Waals surface area contributed by atoms with Crippen molar-refractivity contribution >= 4 is 17.6 Å². The molecule has 0 spiro atoms. The second-order valence-corrected chi connectivity index (χ2v) is 6.03. The van der Waals surface area contributed by atoms with Gasteiger partial charge < -0.3 is 15.5 Å². The van der Waals surface area contributed by atoms with Crippen molar-refractivity contribution in [2.45, 2.75) is 38.1 Å². The van der Waals surface area contributed by atoms with Crippen LogP contribution in [0.5, 0.6) is 0 Å². The summed E-state index contributed by atoms with van der Waals surface area (Å²) in [5.41, 5.74) is 0.785. The first-order valence-corrected chi connectivity index (χ1v) is 8.00. The zero-order valence-corrected chi connectivity index (χ0v) is 12.6. The molecule has 0 radical (unpaired) electrons. The Morgan fingerprint density at radius 1 is 1.36 bits per heavy atom. The van der Waals surface area contributed by atoms with Crippen LogP contribution in [0.25, 0.3) is 0 Å². The molecule has 118 valence electrons. The van der Waals surface area contributed by atoms with Gasteiger partial charge in [0.2, 0.25) is 5.91 Å². The lowest BCUT2D eigenvalue weighted by Gasteiger charge is -2.32. The molecular formula is C16H22N4O2. The van der Waals surface area contributed by atoms with E-state index in [1.165, 1.54) is 12.8 Å². The minimum absolute atomic E-state index is 0.0587.